The van der Waals surface area contributed by atoms with Crippen molar-refractivity contribution in [2.24, 2.45) is 0 Å². The van der Waals surface area contributed by atoms with E-state index >= 15 is 0 Å². The highest BCUT2D eigenvalue weighted by molar-refractivity contribution is 7.99. The van der Waals surface area contributed by atoms with Gasteiger partial charge in [0.2, 0.25) is 0 Å². The van der Waals surface area contributed by atoms with Gasteiger partial charge in [-0.05, 0) is 17.7 Å². The normalized spacial score (nSPS) is 18.9. The van der Waals surface area contributed by atoms with E-state index in [-0.39, 0.29) is 0 Å². The molecule has 110 valence electrons. The quantitative estimate of drug-likeness (QED) is 0.844. The van der Waals surface area contributed by atoms with Gasteiger partial charge in [-0.1, -0.05) is 11.6 Å². The van der Waals surface area contributed by atoms with Gasteiger partial charge < -0.3 is 15.0 Å². The molecular formula is C15H21ClN2OS. The number of halogens is 1. The lowest BCUT2D eigenvalue weighted by Crippen LogP contribution is -2.37. The van der Waals surface area contributed by atoms with Crippen LogP contribution in [-0.4, -0.2) is 49.2 Å². The lowest BCUT2D eigenvalue weighted by Gasteiger charge is -2.26. The van der Waals surface area contributed by atoms with Crippen molar-refractivity contribution in [1.29, 1.82) is 0 Å². The second kappa shape index (κ2) is 7.03. The standard InChI is InChI=1S/C15H21ClN2OS/c16-14-9-12-1-6-19-15(12)13(10-14)11-17-2-3-18-4-7-20-8-5-18/h9-10,17H,1-8,11H2. The Labute approximate surface area is 130 Å². The van der Waals surface area contributed by atoms with E-state index in [2.05, 4.69) is 22.0 Å². The van der Waals surface area contributed by atoms with Crippen LogP contribution in [0.4, 0.5) is 0 Å². The monoisotopic (exact) mass is 312 g/mol. The Kier molecular flexibility index (Phi) is 5.10. The molecule has 0 atom stereocenters. The summed E-state index contributed by atoms with van der Waals surface area (Å²) in [6, 6.07) is 4.05. The van der Waals surface area contributed by atoms with E-state index in [1.165, 1.54) is 35.7 Å². The molecule has 1 aromatic carbocycles. The molecule has 0 saturated carbocycles. The van der Waals surface area contributed by atoms with Gasteiger partial charge in [0.1, 0.15) is 5.75 Å². The number of hydrogen-bond donors (Lipinski definition) is 1. The number of thioether (sulfide) groups is 1. The fourth-order valence-corrected chi connectivity index (χ4v) is 4.00. The SMILES string of the molecule is Clc1cc2c(c(CNCCN3CCSCC3)c1)OCC2. The summed E-state index contributed by atoms with van der Waals surface area (Å²) < 4.78 is 5.72. The largest absolute Gasteiger partial charge is 0.493 e. The van der Waals surface area contributed by atoms with Crippen molar-refractivity contribution in [3.05, 3.63) is 28.3 Å². The molecule has 1 N–H and O–H groups in total. The van der Waals surface area contributed by atoms with Gasteiger partial charge in [-0.2, -0.15) is 11.8 Å². The van der Waals surface area contributed by atoms with Gasteiger partial charge in [-0.25, -0.2) is 0 Å². The topological polar surface area (TPSA) is 24.5 Å². The van der Waals surface area contributed by atoms with Gasteiger partial charge in [0.25, 0.3) is 0 Å². The molecule has 1 aromatic rings. The number of nitrogens with one attached hydrogen (secondary N) is 1. The van der Waals surface area contributed by atoms with Crippen molar-refractivity contribution in [1.82, 2.24) is 10.2 Å². The maximum atomic E-state index is 6.17. The molecule has 0 radical (unpaired) electrons. The molecule has 20 heavy (non-hydrogen) atoms. The number of hydrogen-bond acceptors (Lipinski definition) is 4. The first-order valence-corrected chi connectivity index (χ1v) is 8.81. The van der Waals surface area contributed by atoms with Gasteiger partial charge in [-0.3, -0.25) is 0 Å². The first-order valence-electron chi connectivity index (χ1n) is 7.28. The van der Waals surface area contributed by atoms with Crippen LogP contribution < -0.4 is 10.1 Å². The zero-order chi connectivity index (χ0) is 13.8. The summed E-state index contributed by atoms with van der Waals surface area (Å²) in [5.74, 6) is 3.60. The van der Waals surface area contributed by atoms with Crippen LogP contribution in [0.5, 0.6) is 5.75 Å². The third kappa shape index (κ3) is 3.61. The lowest BCUT2D eigenvalue weighted by molar-refractivity contribution is 0.300. The Morgan fingerprint density at radius 3 is 3.00 bits per heavy atom. The molecule has 3 rings (SSSR count). The summed E-state index contributed by atoms with van der Waals surface area (Å²) in [6.07, 6.45) is 0.980. The molecule has 2 aliphatic rings. The molecule has 2 heterocycles. The van der Waals surface area contributed by atoms with Crippen molar-refractivity contribution in [3.8, 4) is 5.75 Å². The molecule has 1 saturated heterocycles. The number of fused-ring (bicyclic) bond motifs is 1. The average molecular weight is 313 g/mol. The van der Waals surface area contributed by atoms with Crippen LogP contribution in [0.15, 0.2) is 12.1 Å². The molecule has 3 nitrogen and oxygen atoms in total. The minimum Gasteiger partial charge on any atom is -0.493 e. The zero-order valence-corrected chi connectivity index (χ0v) is 13.2. The minimum absolute atomic E-state index is 0.786. The molecule has 0 aromatic heterocycles. The van der Waals surface area contributed by atoms with E-state index in [1.54, 1.807) is 0 Å². The highest BCUT2D eigenvalue weighted by atomic mass is 35.5. The van der Waals surface area contributed by atoms with Crippen LogP contribution in [0.1, 0.15) is 11.1 Å². The molecule has 0 spiro atoms. The van der Waals surface area contributed by atoms with E-state index in [1.807, 2.05) is 12.1 Å². The fraction of sp³-hybridized carbons (Fsp3) is 0.600. The molecule has 1 fully saturated rings. The molecule has 0 amide bonds. The molecule has 0 bridgehead atoms. The molecule has 0 unspecified atom stereocenters. The van der Waals surface area contributed by atoms with Crippen molar-refractivity contribution in [2.75, 3.05) is 44.3 Å². The molecule has 5 heteroatoms. The van der Waals surface area contributed by atoms with Crippen molar-refractivity contribution in [2.45, 2.75) is 13.0 Å². The maximum Gasteiger partial charge on any atom is 0.127 e. The first kappa shape index (κ1) is 14.5. The van der Waals surface area contributed by atoms with Gasteiger partial charge >= 0.3 is 0 Å². The Bertz CT molecular complexity index is 463. The number of rotatable bonds is 5. The highest BCUT2D eigenvalue weighted by Gasteiger charge is 2.17. The van der Waals surface area contributed by atoms with Crippen molar-refractivity contribution in [3.63, 3.8) is 0 Å². The van der Waals surface area contributed by atoms with Gasteiger partial charge in [0.05, 0.1) is 6.61 Å². The molecular weight excluding hydrogens is 292 g/mol. The summed E-state index contributed by atoms with van der Waals surface area (Å²) in [6.45, 7) is 6.22. The summed E-state index contributed by atoms with van der Waals surface area (Å²) in [5, 5.41) is 4.34. The van der Waals surface area contributed by atoms with E-state index < -0.39 is 0 Å². The van der Waals surface area contributed by atoms with E-state index in [0.29, 0.717) is 0 Å². The zero-order valence-electron chi connectivity index (χ0n) is 11.7. The number of ether oxygens (including phenoxy) is 1. The smallest absolute Gasteiger partial charge is 0.127 e. The first-order chi connectivity index (χ1) is 9.83. The van der Waals surface area contributed by atoms with Crippen LogP contribution in [0, 0.1) is 0 Å². The van der Waals surface area contributed by atoms with Crippen molar-refractivity contribution < 1.29 is 4.74 Å². The fourth-order valence-electron chi connectivity index (χ4n) is 2.76. The third-order valence-corrected chi connectivity index (χ3v) is 5.01. The van der Waals surface area contributed by atoms with Crippen LogP contribution in [0.2, 0.25) is 5.02 Å². The van der Waals surface area contributed by atoms with Gasteiger partial charge in [-0.15, -0.1) is 0 Å². The third-order valence-electron chi connectivity index (χ3n) is 3.85. The summed E-state index contributed by atoms with van der Waals surface area (Å²) in [7, 11) is 0. The summed E-state index contributed by atoms with van der Waals surface area (Å²) >= 11 is 8.23. The highest BCUT2D eigenvalue weighted by Crippen LogP contribution is 2.32. The predicted molar refractivity (Wildman–Crippen MR) is 86.1 cm³/mol. The van der Waals surface area contributed by atoms with E-state index in [0.717, 1.165) is 43.4 Å². The number of benzene rings is 1. The van der Waals surface area contributed by atoms with E-state index in [9.17, 15) is 0 Å². The number of nitrogens with zero attached hydrogens (tertiary/aromatic N) is 1. The predicted octanol–water partition coefficient (Wildman–Crippen LogP) is 2.41. The lowest BCUT2D eigenvalue weighted by atomic mass is 10.1. The Hall–Kier alpha value is -0.420. The van der Waals surface area contributed by atoms with Crippen LogP contribution >= 0.6 is 23.4 Å². The average Bonchev–Trinajstić information content (AvgIpc) is 2.92. The van der Waals surface area contributed by atoms with Crippen LogP contribution in [0.3, 0.4) is 0 Å². The van der Waals surface area contributed by atoms with E-state index in [4.69, 9.17) is 16.3 Å². The van der Waals surface area contributed by atoms with Crippen molar-refractivity contribution >= 4 is 23.4 Å². The Morgan fingerprint density at radius 1 is 1.30 bits per heavy atom. The minimum atomic E-state index is 0.786. The van der Waals surface area contributed by atoms with Crippen LogP contribution in [-0.2, 0) is 13.0 Å². The molecule has 2 aliphatic heterocycles. The Balaban J connectivity index is 1.49. The maximum absolute atomic E-state index is 6.17. The van der Waals surface area contributed by atoms with Gasteiger partial charge in [0.15, 0.2) is 0 Å². The Morgan fingerprint density at radius 2 is 2.15 bits per heavy atom. The summed E-state index contributed by atoms with van der Waals surface area (Å²) in [4.78, 5) is 2.53. The van der Waals surface area contributed by atoms with Crippen LogP contribution in [0.25, 0.3) is 0 Å². The molecule has 0 aliphatic carbocycles. The summed E-state index contributed by atoms with van der Waals surface area (Å²) in [5.41, 5.74) is 2.45. The van der Waals surface area contributed by atoms with Gasteiger partial charge in [0, 0.05) is 61.2 Å². The second-order valence-electron chi connectivity index (χ2n) is 5.28. The second-order valence-corrected chi connectivity index (χ2v) is 6.94.